The minimum absolute atomic E-state index is 0. The molecule has 17 heavy (non-hydrogen) atoms. The maximum atomic E-state index is 9.29. The number of hydrogen-bond acceptors (Lipinski definition) is 1. The van der Waals surface area contributed by atoms with Crippen LogP contribution in [0.25, 0.3) is 0 Å². The van der Waals surface area contributed by atoms with Crippen molar-refractivity contribution in [1.82, 2.24) is 0 Å². The summed E-state index contributed by atoms with van der Waals surface area (Å²) in [5, 5.41) is 9.29. The van der Waals surface area contributed by atoms with Crippen molar-refractivity contribution in [2.75, 3.05) is 0 Å². The molecule has 0 unspecified atom stereocenters. The second-order valence-electron chi connectivity index (χ2n) is 4.46. The van der Waals surface area contributed by atoms with Crippen LogP contribution >= 0.6 is 0 Å². The standard InChI is InChI=1S/C15H15O.V/c1-15(2,12-6-4-3-5-7-12)13-8-10-14(16)11-9-13;/h4-11,16H,1-2H3;/q-1;. The van der Waals surface area contributed by atoms with Gasteiger partial charge in [0.25, 0.3) is 0 Å². The van der Waals surface area contributed by atoms with Gasteiger partial charge in [0.2, 0.25) is 0 Å². The van der Waals surface area contributed by atoms with Crippen LogP contribution in [0.4, 0.5) is 0 Å². The molecule has 0 aromatic heterocycles. The molecule has 0 saturated heterocycles. The first-order chi connectivity index (χ1) is 7.60. The quantitative estimate of drug-likeness (QED) is 0.821. The Labute approximate surface area is 114 Å². The van der Waals surface area contributed by atoms with Gasteiger partial charge in [-0.15, -0.1) is 5.56 Å². The van der Waals surface area contributed by atoms with Crippen molar-refractivity contribution >= 4 is 0 Å². The van der Waals surface area contributed by atoms with Gasteiger partial charge in [-0.25, -0.2) is 0 Å². The van der Waals surface area contributed by atoms with Crippen LogP contribution in [-0.4, -0.2) is 5.11 Å². The molecule has 0 aliphatic heterocycles. The minimum Gasteiger partial charge on any atom is -0.508 e. The summed E-state index contributed by atoms with van der Waals surface area (Å²) in [4.78, 5) is 0. The van der Waals surface area contributed by atoms with E-state index in [-0.39, 0.29) is 24.0 Å². The number of phenolic OH excluding ortho intramolecular Hbond substituents is 1. The van der Waals surface area contributed by atoms with Crippen molar-refractivity contribution in [3.63, 3.8) is 0 Å². The van der Waals surface area contributed by atoms with Gasteiger partial charge in [-0.05, 0) is 23.1 Å². The summed E-state index contributed by atoms with van der Waals surface area (Å²) in [5.74, 6) is 0.306. The van der Waals surface area contributed by atoms with Crippen LogP contribution < -0.4 is 0 Å². The molecule has 0 heterocycles. The number of hydrogen-bond donors (Lipinski definition) is 1. The summed E-state index contributed by atoms with van der Waals surface area (Å²) in [5.41, 5.74) is 2.39. The summed E-state index contributed by atoms with van der Waals surface area (Å²) >= 11 is 0. The zero-order chi connectivity index (χ0) is 11.6. The Morgan fingerprint density at radius 1 is 0.882 bits per heavy atom. The topological polar surface area (TPSA) is 20.2 Å². The Kier molecular flexibility index (Phi) is 4.44. The van der Waals surface area contributed by atoms with Gasteiger partial charge in [0.1, 0.15) is 5.75 Å². The third-order valence-electron chi connectivity index (χ3n) is 3.03. The Morgan fingerprint density at radius 3 is 1.88 bits per heavy atom. The van der Waals surface area contributed by atoms with Gasteiger partial charge in [-0.2, -0.15) is 30.3 Å². The molecule has 0 spiro atoms. The molecule has 2 rings (SSSR count). The van der Waals surface area contributed by atoms with E-state index in [1.807, 2.05) is 24.3 Å². The van der Waals surface area contributed by atoms with Gasteiger partial charge in [-0.1, -0.05) is 26.0 Å². The molecule has 1 nitrogen and oxygen atoms in total. The smallest absolute Gasteiger partial charge is 0.115 e. The van der Waals surface area contributed by atoms with Crippen LogP contribution in [0.3, 0.4) is 0 Å². The Bertz CT molecular complexity index is 460. The SMILES string of the molecule is CC(C)(c1cc[c-]cc1)c1ccc(O)cc1.[V]. The molecule has 2 aromatic rings. The Morgan fingerprint density at radius 2 is 1.35 bits per heavy atom. The van der Waals surface area contributed by atoms with Crippen molar-refractivity contribution in [3.8, 4) is 5.75 Å². The van der Waals surface area contributed by atoms with Crippen LogP contribution in [0.2, 0.25) is 0 Å². The summed E-state index contributed by atoms with van der Waals surface area (Å²) in [6, 6.07) is 18.4. The van der Waals surface area contributed by atoms with E-state index in [4.69, 9.17) is 0 Å². The summed E-state index contributed by atoms with van der Waals surface area (Å²) in [6.45, 7) is 4.35. The summed E-state index contributed by atoms with van der Waals surface area (Å²) in [6.07, 6.45) is 0. The van der Waals surface area contributed by atoms with E-state index >= 15 is 0 Å². The van der Waals surface area contributed by atoms with E-state index in [9.17, 15) is 5.11 Å². The molecule has 0 bridgehead atoms. The van der Waals surface area contributed by atoms with E-state index in [1.165, 1.54) is 11.1 Å². The van der Waals surface area contributed by atoms with Crippen LogP contribution in [0.15, 0.2) is 48.5 Å². The van der Waals surface area contributed by atoms with Gasteiger partial charge >= 0.3 is 0 Å². The summed E-state index contributed by atoms with van der Waals surface area (Å²) in [7, 11) is 0. The zero-order valence-corrected chi connectivity index (χ0v) is 11.4. The van der Waals surface area contributed by atoms with Crippen molar-refractivity contribution < 1.29 is 23.7 Å². The number of rotatable bonds is 2. The van der Waals surface area contributed by atoms with Crippen LogP contribution in [-0.2, 0) is 24.0 Å². The van der Waals surface area contributed by atoms with Gasteiger partial charge in [0.05, 0.1) is 0 Å². The first-order valence-electron chi connectivity index (χ1n) is 5.37. The molecular formula is C15H15OV-. The van der Waals surface area contributed by atoms with Gasteiger partial charge < -0.3 is 5.11 Å². The predicted molar refractivity (Wildman–Crippen MR) is 65.5 cm³/mol. The molecule has 1 radical (unpaired) electrons. The first-order valence-corrected chi connectivity index (χ1v) is 5.37. The summed E-state index contributed by atoms with van der Waals surface area (Å²) < 4.78 is 0. The number of benzene rings is 2. The minimum atomic E-state index is -0.0528. The molecule has 87 valence electrons. The van der Waals surface area contributed by atoms with E-state index in [2.05, 4.69) is 32.0 Å². The molecule has 0 amide bonds. The molecule has 2 aromatic carbocycles. The normalized spacial score (nSPS) is 10.7. The zero-order valence-electron chi connectivity index (χ0n) is 10.0. The van der Waals surface area contributed by atoms with Crippen molar-refractivity contribution in [2.24, 2.45) is 0 Å². The largest absolute Gasteiger partial charge is 0.508 e. The van der Waals surface area contributed by atoms with Crippen LogP contribution in [0, 0.1) is 6.07 Å². The fourth-order valence-corrected chi connectivity index (χ4v) is 1.85. The van der Waals surface area contributed by atoms with Crippen molar-refractivity contribution in [3.05, 3.63) is 65.7 Å². The first kappa shape index (κ1) is 13.9. The monoisotopic (exact) mass is 262 g/mol. The van der Waals surface area contributed by atoms with Gasteiger partial charge in [0, 0.05) is 18.6 Å². The second-order valence-corrected chi connectivity index (χ2v) is 4.46. The van der Waals surface area contributed by atoms with Gasteiger partial charge in [-0.3, -0.25) is 0 Å². The number of aromatic hydroxyl groups is 1. The fourth-order valence-electron chi connectivity index (χ4n) is 1.85. The van der Waals surface area contributed by atoms with E-state index in [0.717, 1.165) is 0 Å². The van der Waals surface area contributed by atoms with Crippen LogP contribution in [0.5, 0.6) is 5.75 Å². The molecular weight excluding hydrogens is 247 g/mol. The molecule has 1 N–H and O–H groups in total. The maximum Gasteiger partial charge on any atom is 0.115 e. The molecule has 0 fully saturated rings. The number of phenols is 1. The Balaban J connectivity index is 0.00000144. The van der Waals surface area contributed by atoms with Crippen molar-refractivity contribution in [2.45, 2.75) is 19.3 Å². The third kappa shape index (κ3) is 2.93. The Hall–Kier alpha value is -1.18. The third-order valence-corrected chi connectivity index (χ3v) is 3.03. The average Bonchev–Trinajstić information content (AvgIpc) is 2.31. The predicted octanol–water partition coefficient (Wildman–Crippen LogP) is 3.52. The van der Waals surface area contributed by atoms with Crippen molar-refractivity contribution in [1.29, 1.82) is 0 Å². The van der Waals surface area contributed by atoms with E-state index < -0.39 is 0 Å². The van der Waals surface area contributed by atoms with E-state index in [1.54, 1.807) is 12.1 Å². The molecule has 0 aliphatic carbocycles. The molecule has 0 aliphatic rings. The second kappa shape index (κ2) is 5.44. The molecule has 0 atom stereocenters. The molecule has 2 heteroatoms. The molecule has 0 saturated carbocycles. The van der Waals surface area contributed by atoms with Gasteiger partial charge in [0.15, 0.2) is 0 Å². The maximum absolute atomic E-state index is 9.29. The van der Waals surface area contributed by atoms with Crippen LogP contribution in [0.1, 0.15) is 25.0 Å². The van der Waals surface area contributed by atoms with E-state index in [0.29, 0.717) is 5.75 Å². The average molecular weight is 262 g/mol. The fraction of sp³-hybridized carbons (Fsp3) is 0.200.